The maximum atomic E-state index is 4.08. The van der Waals surface area contributed by atoms with Gasteiger partial charge in [0.2, 0.25) is 0 Å². The molecule has 0 radical (unpaired) electrons. The van der Waals surface area contributed by atoms with E-state index in [0.29, 0.717) is 0 Å². The number of rotatable bonds is 2. The van der Waals surface area contributed by atoms with Gasteiger partial charge in [-0.3, -0.25) is 0 Å². The summed E-state index contributed by atoms with van der Waals surface area (Å²) in [5.74, 6) is 0. The number of anilines is 1. The number of hydrogen-bond acceptors (Lipinski definition) is 2. The van der Waals surface area contributed by atoms with Crippen LogP contribution in [0.1, 0.15) is 11.1 Å². The van der Waals surface area contributed by atoms with Gasteiger partial charge in [-0.25, -0.2) is 4.98 Å². The fourth-order valence-corrected chi connectivity index (χ4v) is 2.39. The predicted octanol–water partition coefficient (Wildman–Crippen LogP) is 1.92. The van der Waals surface area contributed by atoms with Gasteiger partial charge in [0, 0.05) is 38.2 Å². The van der Waals surface area contributed by atoms with Crippen LogP contribution in [0.25, 0.3) is 0 Å². The third-order valence-corrected chi connectivity index (χ3v) is 3.27. The zero-order valence-electron chi connectivity index (χ0n) is 9.43. The van der Waals surface area contributed by atoms with Gasteiger partial charge in [-0.05, 0) is 23.6 Å². The van der Waals surface area contributed by atoms with E-state index in [1.165, 1.54) is 16.8 Å². The van der Waals surface area contributed by atoms with Gasteiger partial charge in [0.1, 0.15) is 0 Å². The van der Waals surface area contributed by atoms with Crippen molar-refractivity contribution in [2.45, 2.75) is 13.0 Å². The summed E-state index contributed by atoms with van der Waals surface area (Å²) >= 11 is 0. The van der Waals surface area contributed by atoms with E-state index in [2.05, 4.69) is 39.7 Å². The molecule has 2 aromatic rings. The quantitative estimate of drug-likeness (QED) is 0.760. The molecule has 0 spiro atoms. The number of fused-ring (bicyclic) bond motifs is 1. The fourth-order valence-electron chi connectivity index (χ4n) is 2.39. The van der Waals surface area contributed by atoms with Crippen molar-refractivity contribution in [3.05, 3.63) is 48.0 Å². The highest BCUT2D eigenvalue weighted by Gasteiger charge is 2.18. The first-order chi connectivity index (χ1) is 7.84. The summed E-state index contributed by atoms with van der Waals surface area (Å²) in [6.45, 7) is 2.06. The van der Waals surface area contributed by atoms with Gasteiger partial charge in [-0.2, -0.15) is 0 Å². The zero-order chi connectivity index (χ0) is 11.0. The maximum absolute atomic E-state index is 4.08. The first-order valence-corrected chi connectivity index (χ1v) is 5.62. The topological polar surface area (TPSA) is 21.1 Å². The lowest BCUT2D eigenvalue weighted by Crippen LogP contribution is -2.12. The largest absolute Gasteiger partial charge is 0.374 e. The highest BCUT2D eigenvalue weighted by molar-refractivity contribution is 5.60. The second kappa shape index (κ2) is 3.67. The molecule has 0 atom stereocenters. The molecule has 1 aromatic carbocycles. The Hall–Kier alpha value is -1.77. The van der Waals surface area contributed by atoms with Crippen LogP contribution >= 0.6 is 0 Å². The van der Waals surface area contributed by atoms with E-state index < -0.39 is 0 Å². The second-order valence-electron chi connectivity index (χ2n) is 4.32. The van der Waals surface area contributed by atoms with E-state index >= 15 is 0 Å². The smallest absolute Gasteiger partial charge is 0.0949 e. The molecule has 0 N–H and O–H groups in total. The zero-order valence-corrected chi connectivity index (χ0v) is 9.43. The molecule has 2 heterocycles. The predicted molar refractivity (Wildman–Crippen MR) is 64.7 cm³/mol. The molecule has 16 heavy (non-hydrogen) atoms. The Morgan fingerprint density at radius 1 is 1.38 bits per heavy atom. The Labute approximate surface area is 95.3 Å². The molecule has 0 unspecified atom stereocenters. The van der Waals surface area contributed by atoms with Crippen LogP contribution in [0.3, 0.4) is 0 Å². The van der Waals surface area contributed by atoms with Crippen molar-refractivity contribution in [2.24, 2.45) is 0 Å². The molecular formula is C13H15N3. The van der Waals surface area contributed by atoms with Crippen molar-refractivity contribution in [1.82, 2.24) is 9.55 Å². The molecule has 0 aliphatic carbocycles. The van der Waals surface area contributed by atoms with E-state index in [9.17, 15) is 0 Å². The molecule has 0 fully saturated rings. The molecule has 0 saturated carbocycles. The van der Waals surface area contributed by atoms with Gasteiger partial charge in [0.05, 0.1) is 6.33 Å². The van der Waals surface area contributed by atoms with Crippen LogP contribution in [-0.4, -0.2) is 23.1 Å². The van der Waals surface area contributed by atoms with Gasteiger partial charge in [0.25, 0.3) is 0 Å². The van der Waals surface area contributed by atoms with Crippen molar-refractivity contribution in [2.75, 3.05) is 18.5 Å². The van der Waals surface area contributed by atoms with Crippen molar-refractivity contribution in [1.29, 1.82) is 0 Å². The first kappa shape index (κ1) is 9.46. The van der Waals surface area contributed by atoms with Crippen molar-refractivity contribution >= 4 is 5.69 Å². The minimum Gasteiger partial charge on any atom is -0.374 e. The van der Waals surface area contributed by atoms with E-state index in [0.717, 1.165) is 19.5 Å². The van der Waals surface area contributed by atoms with Crippen LogP contribution in [0.15, 0.2) is 36.9 Å². The summed E-state index contributed by atoms with van der Waals surface area (Å²) in [7, 11) is 2.16. The van der Waals surface area contributed by atoms with E-state index in [4.69, 9.17) is 0 Å². The Kier molecular flexibility index (Phi) is 2.17. The van der Waals surface area contributed by atoms with Crippen LogP contribution in [0.5, 0.6) is 0 Å². The maximum Gasteiger partial charge on any atom is 0.0949 e. The lowest BCUT2D eigenvalue weighted by Gasteiger charge is -2.13. The van der Waals surface area contributed by atoms with Crippen LogP contribution in [-0.2, 0) is 13.0 Å². The molecule has 0 bridgehead atoms. The molecular weight excluding hydrogens is 198 g/mol. The van der Waals surface area contributed by atoms with E-state index in [1.807, 2.05) is 18.7 Å². The summed E-state index contributed by atoms with van der Waals surface area (Å²) < 4.78 is 2.12. The normalized spacial score (nSPS) is 14.2. The van der Waals surface area contributed by atoms with E-state index in [-0.39, 0.29) is 0 Å². The summed E-state index contributed by atoms with van der Waals surface area (Å²) in [5.41, 5.74) is 4.30. The number of imidazole rings is 1. The summed E-state index contributed by atoms with van der Waals surface area (Å²) in [6, 6.07) is 6.57. The summed E-state index contributed by atoms with van der Waals surface area (Å²) in [4.78, 5) is 6.41. The third kappa shape index (κ3) is 1.48. The monoisotopic (exact) mass is 213 g/mol. The average Bonchev–Trinajstić information content (AvgIpc) is 2.90. The summed E-state index contributed by atoms with van der Waals surface area (Å²) in [6.07, 6.45) is 6.88. The van der Waals surface area contributed by atoms with Gasteiger partial charge >= 0.3 is 0 Å². The average molecular weight is 213 g/mol. The van der Waals surface area contributed by atoms with E-state index in [1.54, 1.807) is 0 Å². The standard InChI is InChI=1S/C13H15N3/c1-15-7-5-12-11(3-2-4-13(12)15)9-16-8-6-14-10-16/h2-4,6,8,10H,5,7,9H2,1H3. The van der Waals surface area contributed by atoms with Crippen LogP contribution in [0.4, 0.5) is 5.69 Å². The number of aromatic nitrogens is 2. The van der Waals surface area contributed by atoms with Crippen LogP contribution < -0.4 is 4.90 Å². The lowest BCUT2D eigenvalue weighted by atomic mass is 10.1. The summed E-state index contributed by atoms with van der Waals surface area (Å²) in [5, 5.41) is 0. The molecule has 3 nitrogen and oxygen atoms in total. The number of likely N-dealkylation sites (N-methyl/N-ethyl adjacent to an activating group) is 1. The van der Waals surface area contributed by atoms with Gasteiger partial charge < -0.3 is 9.47 Å². The van der Waals surface area contributed by atoms with Crippen LogP contribution in [0.2, 0.25) is 0 Å². The van der Waals surface area contributed by atoms with Crippen molar-refractivity contribution in [3.8, 4) is 0 Å². The minimum atomic E-state index is 0.928. The second-order valence-corrected chi connectivity index (χ2v) is 4.32. The molecule has 82 valence electrons. The molecule has 1 aliphatic rings. The van der Waals surface area contributed by atoms with Crippen molar-refractivity contribution in [3.63, 3.8) is 0 Å². The molecule has 3 heteroatoms. The van der Waals surface area contributed by atoms with Gasteiger partial charge in [-0.15, -0.1) is 0 Å². The first-order valence-electron chi connectivity index (χ1n) is 5.62. The van der Waals surface area contributed by atoms with Gasteiger partial charge in [0.15, 0.2) is 0 Å². The molecule has 3 rings (SSSR count). The lowest BCUT2D eigenvalue weighted by molar-refractivity contribution is 0.789. The van der Waals surface area contributed by atoms with Crippen LogP contribution in [0, 0.1) is 0 Å². The Morgan fingerprint density at radius 3 is 3.12 bits per heavy atom. The highest BCUT2D eigenvalue weighted by atomic mass is 15.1. The van der Waals surface area contributed by atoms with Crippen molar-refractivity contribution < 1.29 is 0 Å². The highest BCUT2D eigenvalue weighted by Crippen LogP contribution is 2.29. The molecule has 0 saturated heterocycles. The molecule has 1 aliphatic heterocycles. The number of nitrogens with zero attached hydrogens (tertiary/aromatic N) is 3. The molecule has 0 amide bonds. The molecule has 1 aromatic heterocycles. The Bertz CT molecular complexity index is 488. The third-order valence-electron chi connectivity index (χ3n) is 3.27. The minimum absolute atomic E-state index is 0.928. The fraction of sp³-hybridized carbons (Fsp3) is 0.308. The number of hydrogen-bond donors (Lipinski definition) is 0. The number of benzene rings is 1. The van der Waals surface area contributed by atoms with Gasteiger partial charge in [-0.1, -0.05) is 12.1 Å². The SMILES string of the molecule is CN1CCc2c(Cn3ccnc3)cccc21. The Balaban J connectivity index is 1.97. The Morgan fingerprint density at radius 2 is 2.31 bits per heavy atom.